The van der Waals surface area contributed by atoms with Crippen LogP contribution in [-0.4, -0.2) is 34.3 Å². The van der Waals surface area contributed by atoms with Gasteiger partial charge in [0.25, 0.3) is 0 Å². The highest BCUT2D eigenvalue weighted by atomic mass is 15.3. The molecule has 4 heteroatoms. The summed E-state index contributed by atoms with van der Waals surface area (Å²) in [5.74, 6) is 0. The predicted octanol–water partition coefficient (Wildman–Crippen LogP) is 2.41. The fourth-order valence-electron chi connectivity index (χ4n) is 2.02. The molecule has 18 heavy (non-hydrogen) atoms. The van der Waals surface area contributed by atoms with Gasteiger partial charge in [0.15, 0.2) is 0 Å². The lowest BCUT2D eigenvalue weighted by Crippen LogP contribution is -2.27. The largest absolute Gasteiger partial charge is 0.330 e. The highest BCUT2D eigenvalue weighted by Crippen LogP contribution is 2.10. The Balaban J connectivity index is 2.54. The van der Waals surface area contributed by atoms with Gasteiger partial charge in [-0.25, -0.2) is 0 Å². The average Bonchev–Trinajstić information content (AvgIpc) is 2.83. The highest BCUT2D eigenvalue weighted by molar-refractivity contribution is 4.99. The first-order valence-electron chi connectivity index (χ1n) is 7.17. The SMILES string of the molecule is CCCN(CCCN)Cc1ccn(C(C)CC)n1. The van der Waals surface area contributed by atoms with Crippen LogP contribution in [0.25, 0.3) is 0 Å². The van der Waals surface area contributed by atoms with Gasteiger partial charge in [-0.2, -0.15) is 5.10 Å². The minimum atomic E-state index is 0.488. The maximum atomic E-state index is 5.58. The molecule has 1 rings (SSSR count). The van der Waals surface area contributed by atoms with Crippen molar-refractivity contribution in [3.8, 4) is 0 Å². The van der Waals surface area contributed by atoms with Gasteiger partial charge in [0.2, 0.25) is 0 Å². The Kier molecular flexibility index (Phi) is 6.98. The van der Waals surface area contributed by atoms with Gasteiger partial charge in [-0.15, -0.1) is 0 Å². The zero-order valence-corrected chi connectivity index (χ0v) is 12.1. The predicted molar refractivity (Wildman–Crippen MR) is 76.5 cm³/mol. The number of nitrogens with zero attached hydrogens (tertiary/aromatic N) is 3. The zero-order chi connectivity index (χ0) is 13.4. The van der Waals surface area contributed by atoms with E-state index in [0.717, 1.165) is 39.0 Å². The van der Waals surface area contributed by atoms with E-state index in [1.54, 1.807) is 0 Å². The van der Waals surface area contributed by atoms with Crippen LogP contribution in [0.2, 0.25) is 0 Å². The molecule has 2 N–H and O–H groups in total. The van der Waals surface area contributed by atoms with Crippen molar-refractivity contribution >= 4 is 0 Å². The lowest BCUT2D eigenvalue weighted by atomic mass is 10.3. The van der Waals surface area contributed by atoms with Crippen LogP contribution in [0.15, 0.2) is 12.3 Å². The molecule has 1 heterocycles. The van der Waals surface area contributed by atoms with Crippen LogP contribution >= 0.6 is 0 Å². The van der Waals surface area contributed by atoms with Gasteiger partial charge in [-0.05, 0) is 51.9 Å². The Morgan fingerprint density at radius 2 is 2.17 bits per heavy atom. The first-order chi connectivity index (χ1) is 8.71. The van der Waals surface area contributed by atoms with Crippen LogP contribution in [-0.2, 0) is 6.54 Å². The van der Waals surface area contributed by atoms with Crippen molar-refractivity contribution in [1.29, 1.82) is 0 Å². The van der Waals surface area contributed by atoms with E-state index >= 15 is 0 Å². The zero-order valence-electron chi connectivity index (χ0n) is 12.1. The van der Waals surface area contributed by atoms with Crippen LogP contribution in [0.1, 0.15) is 51.8 Å². The van der Waals surface area contributed by atoms with Gasteiger partial charge in [0.05, 0.1) is 5.69 Å². The van der Waals surface area contributed by atoms with Gasteiger partial charge < -0.3 is 5.73 Å². The van der Waals surface area contributed by atoms with Gasteiger partial charge in [0, 0.05) is 18.8 Å². The fraction of sp³-hybridized carbons (Fsp3) is 0.786. The summed E-state index contributed by atoms with van der Waals surface area (Å²) < 4.78 is 2.07. The van der Waals surface area contributed by atoms with Gasteiger partial charge in [-0.1, -0.05) is 13.8 Å². The summed E-state index contributed by atoms with van der Waals surface area (Å²) >= 11 is 0. The summed E-state index contributed by atoms with van der Waals surface area (Å²) in [6.45, 7) is 10.5. The second-order valence-electron chi connectivity index (χ2n) is 4.96. The van der Waals surface area contributed by atoms with Crippen molar-refractivity contribution < 1.29 is 0 Å². The van der Waals surface area contributed by atoms with Crippen molar-refractivity contribution in [2.24, 2.45) is 5.73 Å². The maximum absolute atomic E-state index is 5.58. The number of rotatable bonds is 9. The first kappa shape index (κ1) is 15.2. The van der Waals surface area contributed by atoms with Gasteiger partial charge in [-0.3, -0.25) is 9.58 Å². The highest BCUT2D eigenvalue weighted by Gasteiger charge is 2.08. The second kappa shape index (κ2) is 8.27. The van der Waals surface area contributed by atoms with E-state index in [4.69, 9.17) is 5.73 Å². The summed E-state index contributed by atoms with van der Waals surface area (Å²) in [4.78, 5) is 2.44. The monoisotopic (exact) mass is 252 g/mol. The molecular formula is C14H28N4. The van der Waals surface area contributed by atoms with Gasteiger partial charge in [0.1, 0.15) is 0 Å². The van der Waals surface area contributed by atoms with Crippen molar-refractivity contribution in [3.63, 3.8) is 0 Å². The quantitative estimate of drug-likeness (QED) is 0.734. The molecule has 0 amide bonds. The third-order valence-electron chi connectivity index (χ3n) is 3.31. The molecule has 0 aliphatic rings. The minimum Gasteiger partial charge on any atom is -0.330 e. The Bertz CT molecular complexity index is 321. The Hall–Kier alpha value is -0.870. The summed E-state index contributed by atoms with van der Waals surface area (Å²) in [5, 5.41) is 4.65. The van der Waals surface area contributed by atoms with E-state index < -0.39 is 0 Å². The molecule has 0 aromatic carbocycles. The summed E-state index contributed by atoms with van der Waals surface area (Å²) in [6.07, 6.45) is 5.45. The number of hydrogen-bond donors (Lipinski definition) is 1. The van der Waals surface area contributed by atoms with E-state index in [2.05, 4.69) is 47.7 Å². The molecule has 1 aromatic rings. The molecule has 0 saturated heterocycles. The molecule has 104 valence electrons. The summed E-state index contributed by atoms with van der Waals surface area (Å²) in [5.41, 5.74) is 6.75. The lowest BCUT2D eigenvalue weighted by molar-refractivity contribution is 0.259. The number of hydrogen-bond acceptors (Lipinski definition) is 3. The normalized spacial score (nSPS) is 13.2. The van der Waals surface area contributed by atoms with E-state index in [1.165, 1.54) is 12.1 Å². The molecule has 1 unspecified atom stereocenters. The van der Waals surface area contributed by atoms with Crippen LogP contribution in [0.5, 0.6) is 0 Å². The smallest absolute Gasteiger partial charge is 0.0764 e. The van der Waals surface area contributed by atoms with E-state index in [1.807, 2.05) is 0 Å². The Labute approximate surface area is 111 Å². The minimum absolute atomic E-state index is 0.488. The fourth-order valence-corrected chi connectivity index (χ4v) is 2.02. The molecule has 0 fully saturated rings. The van der Waals surface area contributed by atoms with Crippen LogP contribution in [0.4, 0.5) is 0 Å². The lowest BCUT2D eigenvalue weighted by Gasteiger charge is -2.20. The molecule has 0 aliphatic heterocycles. The van der Waals surface area contributed by atoms with E-state index in [0.29, 0.717) is 6.04 Å². The van der Waals surface area contributed by atoms with Crippen LogP contribution < -0.4 is 5.73 Å². The molecule has 4 nitrogen and oxygen atoms in total. The van der Waals surface area contributed by atoms with E-state index in [9.17, 15) is 0 Å². The molecule has 1 aromatic heterocycles. The average molecular weight is 252 g/mol. The Morgan fingerprint density at radius 3 is 2.78 bits per heavy atom. The first-order valence-corrected chi connectivity index (χ1v) is 7.17. The second-order valence-corrected chi connectivity index (χ2v) is 4.96. The van der Waals surface area contributed by atoms with E-state index in [-0.39, 0.29) is 0 Å². The van der Waals surface area contributed by atoms with Crippen molar-refractivity contribution in [3.05, 3.63) is 18.0 Å². The van der Waals surface area contributed by atoms with Gasteiger partial charge >= 0.3 is 0 Å². The molecule has 0 saturated carbocycles. The number of aromatic nitrogens is 2. The van der Waals surface area contributed by atoms with Crippen molar-refractivity contribution in [2.45, 2.75) is 52.6 Å². The third kappa shape index (κ3) is 4.78. The number of nitrogens with two attached hydrogens (primary N) is 1. The third-order valence-corrected chi connectivity index (χ3v) is 3.31. The molecule has 0 radical (unpaired) electrons. The van der Waals surface area contributed by atoms with Crippen molar-refractivity contribution in [1.82, 2.24) is 14.7 Å². The van der Waals surface area contributed by atoms with Crippen LogP contribution in [0, 0.1) is 0 Å². The van der Waals surface area contributed by atoms with Crippen LogP contribution in [0.3, 0.4) is 0 Å². The molecular weight excluding hydrogens is 224 g/mol. The Morgan fingerprint density at radius 1 is 1.39 bits per heavy atom. The molecule has 0 aliphatic carbocycles. The summed E-state index contributed by atoms with van der Waals surface area (Å²) in [6, 6.07) is 2.62. The molecule has 0 bridgehead atoms. The molecule has 0 spiro atoms. The summed E-state index contributed by atoms with van der Waals surface area (Å²) in [7, 11) is 0. The standard InChI is InChI=1S/C14H28N4/c1-4-9-17(10-6-8-15)12-14-7-11-18(16-14)13(3)5-2/h7,11,13H,4-6,8-10,12,15H2,1-3H3. The maximum Gasteiger partial charge on any atom is 0.0764 e. The molecule has 1 atom stereocenters. The van der Waals surface area contributed by atoms with Crippen molar-refractivity contribution in [2.75, 3.05) is 19.6 Å². The topological polar surface area (TPSA) is 47.1 Å².